The molecule has 5 nitrogen and oxygen atoms in total. The largest absolute Gasteiger partial charge is 0.487 e. The second-order valence-corrected chi connectivity index (χ2v) is 3.97. The van der Waals surface area contributed by atoms with E-state index < -0.39 is 0 Å². The van der Waals surface area contributed by atoms with Crippen LogP contribution >= 0.6 is 0 Å². The fourth-order valence-corrected chi connectivity index (χ4v) is 1.57. The molecule has 0 aliphatic rings. The Hall–Kier alpha value is -2.45. The van der Waals surface area contributed by atoms with Gasteiger partial charge in [0.15, 0.2) is 0 Å². The van der Waals surface area contributed by atoms with Gasteiger partial charge in [-0.2, -0.15) is 5.26 Å². The topological polar surface area (TPSA) is 70.8 Å². The third-order valence-electron chi connectivity index (χ3n) is 2.50. The molecule has 2 rings (SSSR count). The van der Waals surface area contributed by atoms with E-state index in [2.05, 4.69) is 15.3 Å². The maximum Gasteiger partial charge on any atom is 0.140 e. The lowest BCUT2D eigenvalue weighted by molar-refractivity contribution is 0.304. The van der Waals surface area contributed by atoms with Crippen LogP contribution in [-0.4, -0.2) is 17.0 Å². The van der Waals surface area contributed by atoms with Crippen molar-refractivity contribution in [1.82, 2.24) is 15.3 Å². The van der Waals surface area contributed by atoms with Crippen LogP contribution in [0.25, 0.3) is 0 Å². The summed E-state index contributed by atoms with van der Waals surface area (Å²) in [4.78, 5) is 8.17. The molecule has 19 heavy (non-hydrogen) atoms. The van der Waals surface area contributed by atoms with Gasteiger partial charge in [-0.25, -0.2) is 4.98 Å². The summed E-state index contributed by atoms with van der Waals surface area (Å²) in [5, 5.41) is 11.8. The monoisotopic (exact) mass is 254 g/mol. The van der Waals surface area contributed by atoms with Crippen molar-refractivity contribution in [3.8, 4) is 11.8 Å². The second-order valence-electron chi connectivity index (χ2n) is 3.97. The smallest absolute Gasteiger partial charge is 0.140 e. The third kappa shape index (κ3) is 3.76. The summed E-state index contributed by atoms with van der Waals surface area (Å²) >= 11 is 0. The van der Waals surface area contributed by atoms with Crippen LogP contribution in [0.15, 0.2) is 36.7 Å². The Morgan fingerprint density at radius 2 is 2.21 bits per heavy atom. The molecule has 2 aromatic heterocycles. The number of nitrogens with zero attached hydrogens (tertiary/aromatic N) is 3. The van der Waals surface area contributed by atoms with E-state index in [9.17, 15) is 0 Å². The normalized spacial score (nSPS) is 9.89. The lowest BCUT2D eigenvalue weighted by Gasteiger charge is -2.06. The van der Waals surface area contributed by atoms with Crippen LogP contribution in [0, 0.1) is 11.3 Å². The number of nitrogens with one attached hydrogen (secondary N) is 1. The van der Waals surface area contributed by atoms with Gasteiger partial charge in [-0.3, -0.25) is 4.98 Å². The van der Waals surface area contributed by atoms with Gasteiger partial charge in [-0.05, 0) is 36.9 Å². The zero-order chi connectivity index (χ0) is 13.5. The first-order valence-corrected chi connectivity index (χ1v) is 5.89. The van der Waals surface area contributed by atoms with Crippen LogP contribution in [0.1, 0.15) is 17.0 Å². The zero-order valence-electron chi connectivity index (χ0n) is 10.6. The van der Waals surface area contributed by atoms with E-state index in [0.29, 0.717) is 18.1 Å². The van der Waals surface area contributed by atoms with Crippen molar-refractivity contribution >= 4 is 0 Å². The molecule has 2 aromatic rings. The summed E-state index contributed by atoms with van der Waals surface area (Å²) in [5.41, 5.74) is 2.26. The van der Waals surface area contributed by atoms with Gasteiger partial charge in [0.1, 0.15) is 24.1 Å². The van der Waals surface area contributed by atoms with E-state index in [0.717, 1.165) is 17.8 Å². The van der Waals surface area contributed by atoms with Gasteiger partial charge >= 0.3 is 0 Å². The first kappa shape index (κ1) is 13.0. The molecular formula is C14H14N4O. The van der Waals surface area contributed by atoms with E-state index in [1.165, 1.54) is 0 Å². The first-order valence-electron chi connectivity index (χ1n) is 5.89. The molecule has 0 bridgehead atoms. The van der Waals surface area contributed by atoms with Gasteiger partial charge in [0, 0.05) is 12.7 Å². The highest BCUT2D eigenvalue weighted by Crippen LogP contribution is 2.12. The molecule has 0 amide bonds. The fourth-order valence-electron chi connectivity index (χ4n) is 1.57. The molecular weight excluding hydrogens is 240 g/mol. The fraction of sp³-hybridized carbons (Fsp3) is 0.214. The predicted molar refractivity (Wildman–Crippen MR) is 70.3 cm³/mol. The summed E-state index contributed by atoms with van der Waals surface area (Å²) in [6.45, 7) is 1.13. The van der Waals surface area contributed by atoms with E-state index in [1.54, 1.807) is 18.5 Å². The maximum absolute atomic E-state index is 8.76. The van der Waals surface area contributed by atoms with Gasteiger partial charge in [-0.15, -0.1) is 0 Å². The van der Waals surface area contributed by atoms with Crippen molar-refractivity contribution in [2.75, 3.05) is 7.05 Å². The average Bonchev–Trinajstić information content (AvgIpc) is 2.47. The number of hydrogen-bond acceptors (Lipinski definition) is 5. The minimum absolute atomic E-state index is 0.392. The lowest BCUT2D eigenvalue weighted by atomic mass is 10.2. The number of aromatic nitrogens is 2. The van der Waals surface area contributed by atoms with Gasteiger partial charge in [0.2, 0.25) is 0 Å². The molecule has 2 heterocycles. The van der Waals surface area contributed by atoms with Gasteiger partial charge in [0.05, 0.1) is 11.9 Å². The standard InChI is InChI=1S/C14H14N4O/c1-16-8-12-2-3-14(9-18-12)19-10-11-4-5-17-13(6-11)7-15/h2-6,9,16H,8,10H2,1H3. The lowest BCUT2D eigenvalue weighted by Crippen LogP contribution is -2.06. The van der Waals surface area contributed by atoms with E-state index in [1.807, 2.05) is 31.3 Å². The number of pyridine rings is 2. The van der Waals surface area contributed by atoms with Gasteiger partial charge in [0.25, 0.3) is 0 Å². The molecule has 0 atom stereocenters. The molecule has 0 saturated heterocycles. The van der Waals surface area contributed by atoms with E-state index >= 15 is 0 Å². The Kier molecular flexibility index (Phi) is 4.43. The van der Waals surface area contributed by atoms with Crippen LogP contribution in [-0.2, 0) is 13.2 Å². The SMILES string of the molecule is CNCc1ccc(OCc2ccnc(C#N)c2)cn1. The number of nitriles is 1. The minimum Gasteiger partial charge on any atom is -0.487 e. The minimum atomic E-state index is 0.392. The molecule has 0 spiro atoms. The molecule has 1 N–H and O–H groups in total. The average molecular weight is 254 g/mol. The molecule has 0 unspecified atom stereocenters. The summed E-state index contributed by atoms with van der Waals surface area (Å²) in [6.07, 6.45) is 3.30. The number of rotatable bonds is 5. The predicted octanol–water partition coefficient (Wildman–Crippen LogP) is 1.65. The van der Waals surface area contributed by atoms with Crippen LogP contribution in [0.2, 0.25) is 0 Å². The second kappa shape index (κ2) is 6.47. The highest BCUT2D eigenvalue weighted by molar-refractivity contribution is 5.26. The Balaban J connectivity index is 1.96. The zero-order valence-corrected chi connectivity index (χ0v) is 10.6. The quantitative estimate of drug-likeness (QED) is 0.878. The van der Waals surface area contributed by atoms with Crippen molar-refractivity contribution in [2.24, 2.45) is 0 Å². The Morgan fingerprint density at radius 1 is 1.32 bits per heavy atom. The van der Waals surface area contributed by atoms with Crippen LogP contribution in [0.5, 0.6) is 5.75 Å². The molecule has 0 fully saturated rings. The van der Waals surface area contributed by atoms with Gasteiger partial charge in [-0.1, -0.05) is 0 Å². The molecule has 0 radical (unpaired) electrons. The Bertz CT molecular complexity index is 575. The first-order chi connectivity index (χ1) is 9.31. The Morgan fingerprint density at radius 3 is 2.89 bits per heavy atom. The highest BCUT2D eigenvalue weighted by atomic mass is 16.5. The molecule has 5 heteroatoms. The number of ether oxygens (including phenoxy) is 1. The summed E-state index contributed by atoms with van der Waals surface area (Å²) in [6, 6.07) is 9.33. The van der Waals surface area contributed by atoms with Crippen molar-refractivity contribution in [2.45, 2.75) is 13.2 Å². The summed E-state index contributed by atoms with van der Waals surface area (Å²) in [7, 11) is 1.88. The van der Waals surface area contributed by atoms with Crippen molar-refractivity contribution in [1.29, 1.82) is 5.26 Å². The van der Waals surface area contributed by atoms with Crippen molar-refractivity contribution in [3.05, 3.63) is 53.6 Å². The maximum atomic E-state index is 8.76. The van der Waals surface area contributed by atoms with Crippen LogP contribution in [0.3, 0.4) is 0 Å². The Labute approximate surface area is 111 Å². The molecule has 0 aliphatic heterocycles. The molecule has 0 saturated carbocycles. The summed E-state index contributed by atoms with van der Waals surface area (Å²) < 4.78 is 5.60. The van der Waals surface area contributed by atoms with E-state index in [-0.39, 0.29) is 0 Å². The molecule has 0 aliphatic carbocycles. The summed E-state index contributed by atoms with van der Waals surface area (Å²) in [5.74, 6) is 0.704. The van der Waals surface area contributed by atoms with Crippen LogP contribution < -0.4 is 10.1 Å². The van der Waals surface area contributed by atoms with E-state index in [4.69, 9.17) is 10.00 Å². The van der Waals surface area contributed by atoms with Crippen molar-refractivity contribution < 1.29 is 4.74 Å². The highest BCUT2D eigenvalue weighted by Gasteiger charge is 1.99. The van der Waals surface area contributed by atoms with Crippen molar-refractivity contribution in [3.63, 3.8) is 0 Å². The van der Waals surface area contributed by atoms with Crippen LogP contribution in [0.4, 0.5) is 0 Å². The number of hydrogen-bond donors (Lipinski definition) is 1. The molecule has 96 valence electrons. The van der Waals surface area contributed by atoms with Gasteiger partial charge < -0.3 is 10.1 Å². The third-order valence-corrected chi connectivity index (χ3v) is 2.50. The molecule has 0 aromatic carbocycles.